The number of halogens is 4. The molecular weight excluding hydrogens is 380 g/mol. The summed E-state index contributed by atoms with van der Waals surface area (Å²) in [7, 11) is 0. The Morgan fingerprint density at radius 3 is 2.57 bits per heavy atom. The molecule has 0 saturated carbocycles. The summed E-state index contributed by atoms with van der Waals surface area (Å²) < 4.78 is 64.3. The van der Waals surface area contributed by atoms with Crippen LogP contribution in [0.25, 0.3) is 0 Å². The fourth-order valence-corrected chi connectivity index (χ4v) is 2.66. The molecule has 0 unspecified atom stereocenters. The van der Waals surface area contributed by atoms with E-state index in [1.165, 1.54) is 19.1 Å². The highest BCUT2D eigenvalue weighted by Gasteiger charge is 2.50. The smallest absolute Gasteiger partial charge is 0.425 e. The number of ether oxygens (including phenoxy) is 2. The number of amidine groups is 1. The van der Waals surface area contributed by atoms with Gasteiger partial charge < -0.3 is 9.47 Å². The molecule has 5 nitrogen and oxygen atoms in total. The third-order valence-corrected chi connectivity index (χ3v) is 3.87. The van der Waals surface area contributed by atoms with E-state index in [1.807, 2.05) is 0 Å². The second-order valence-electron chi connectivity index (χ2n) is 7.51. The highest BCUT2D eigenvalue weighted by atomic mass is 19.4. The molecule has 2 rings (SSSR count). The molecule has 152 valence electrons. The maximum Gasteiger partial charge on any atom is 0.425 e. The molecule has 9 heteroatoms. The maximum absolute atomic E-state index is 14.4. The lowest BCUT2D eigenvalue weighted by molar-refractivity contribution is -0.208. The fourth-order valence-electron chi connectivity index (χ4n) is 2.66. The molecule has 1 aromatic rings. The largest absolute Gasteiger partial charge is 0.452 e. The van der Waals surface area contributed by atoms with Gasteiger partial charge in [-0.1, -0.05) is 5.92 Å². The van der Waals surface area contributed by atoms with Crippen LogP contribution < -0.4 is 5.32 Å². The van der Waals surface area contributed by atoms with Crippen LogP contribution in [0.5, 0.6) is 0 Å². The zero-order valence-electron chi connectivity index (χ0n) is 15.8. The molecule has 0 radical (unpaired) electrons. The first-order valence-electron chi connectivity index (χ1n) is 8.33. The van der Waals surface area contributed by atoms with Crippen molar-refractivity contribution in [3.63, 3.8) is 0 Å². The van der Waals surface area contributed by atoms with Gasteiger partial charge in [-0.25, -0.2) is 19.5 Å². The minimum Gasteiger partial charge on any atom is -0.452 e. The van der Waals surface area contributed by atoms with Gasteiger partial charge in [-0.15, -0.1) is 6.42 Å². The minimum atomic E-state index is -4.77. The standard InChI is InChI=1S/C19H20F4N2O3/c1-6-11-7-8-13(20)12(9-11)18(5)10-14(19(21,22)23)27-15(25-18)24-16(26)28-17(2,3)4/h1,7-9,14H,10H2,2-5H3,(H,24,25,26)/t14-,18-/m0/s1. The van der Waals surface area contributed by atoms with E-state index in [-0.39, 0.29) is 11.1 Å². The Morgan fingerprint density at radius 1 is 1.39 bits per heavy atom. The Morgan fingerprint density at radius 2 is 2.04 bits per heavy atom. The highest BCUT2D eigenvalue weighted by Crippen LogP contribution is 2.41. The summed E-state index contributed by atoms with van der Waals surface area (Å²) in [6.45, 7) is 6.06. The van der Waals surface area contributed by atoms with Gasteiger partial charge in [-0.2, -0.15) is 13.2 Å². The van der Waals surface area contributed by atoms with E-state index < -0.39 is 47.8 Å². The van der Waals surface area contributed by atoms with Crippen LogP contribution in [0.1, 0.15) is 45.2 Å². The van der Waals surface area contributed by atoms with Crippen LogP contribution in [0.15, 0.2) is 23.2 Å². The Hall–Kier alpha value is -2.76. The second kappa shape index (κ2) is 7.34. The van der Waals surface area contributed by atoms with E-state index in [1.54, 1.807) is 20.8 Å². The van der Waals surface area contributed by atoms with E-state index >= 15 is 0 Å². The Labute approximate surface area is 160 Å². The van der Waals surface area contributed by atoms with Crippen molar-refractivity contribution in [2.45, 2.75) is 57.5 Å². The molecule has 0 bridgehead atoms. The van der Waals surface area contributed by atoms with Crippen LogP contribution in [-0.2, 0) is 15.0 Å². The van der Waals surface area contributed by atoms with Crippen LogP contribution in [0, 0.1) is 18.2 Å². The molecule has 1 aromatic carbocycles. The predicted molar refractivity (Wildman–Crippen MR) is 94.0 cm³/mol. The molecule has 1 N–H and O–H groups in total. The normalized spacial score (nSPS) is 22.5. The molecule has 28 heavy (non-hydrogen) atoms. The summed E-state index contributed by atoms with van der Waals surface area (Å²) in [5.74, 6) is 1.53. The monoisotopic (exact) mass is 400 g/mol. The zero-order valence-corrected chi connectivity index (χ0v) is 15.8. The molecule has 1 aliphatic heterocycles. The second-order valence-corrected chi connectivity index (χ2v) is 7.51. The topological polar surface area (TPSA) is 59.9 Å². The van der Waals surface area contributed by atoms with Crippen LogP contribution in [0.3, 0.4) is 0 Å². The van der Waals surface area contributed by atoms with Gasteiger partial charge in [0.25, 0.3) is 6.02 Å². The molecule has 0 aliphatic carbocycles. The molecule has 2 atom stereocenters. The van der Waals surface area contributed by atoms with Crippen molar-refractivity contribution in [2.24, 2.45) is 4.99 Å². The van der Waals surface area contributed by atoms with Gasteiger partial charge in [0.15, 0.2) is 6.10 Å². The average molecular weight is 400 g/mol. The van der Waals surface area contributed by atoms with Crippen molar-refractivity contribution < 1.29 is 31.8 Å². The number of hydrogen-bond acceptors (Lipinski definition) is 4. The number of aliphatic imine (C=N–C) groups is 1. The van der Waals surface area contributed by atoms with Crippen molar-refractivity contribution in [2.75, 3.05) is 0 Å². The number of nitrogens with zero attached hydrogens (tertiary/aromatic N) is 1. The summed E-state index contributed by atoms with van der Waals surface area (Å²) in [5.41, 5.74) is -2.42. The third-order valence-electron chi connectivity index (χ3n) is 3.87. The van der Waals surface area contributed by atoms with E-state index in [2.05, 4.69) is 16.2 Å². The summed E-state index contributed by atoms with van der Waals surface area (Å²) in [6.07, 6.45) is -3.51. The number of terminal acetylenes is 1. The first-order chi connectivity index (χ1) is 12.7. The van der Waals surface area contributed by atoms with E-state index in [0.717, 1.165) is 6.07 Å². The van der Waals surface area contributed by atoms with E-state index in [4.69, 9.17) is 15.9 Å². The van der Waals surface area contributed by atoms with Gasteiger partial charge in [0, 0.05) is 17.5 Å². The summed E-state index contributed by atoms with van der Waals surface area (Å²) in [4.78, 5) is 15.9. The number of amides is 1. The van der Waals surface area contributed by atoms with Gasteiger partial charge >= 0.3 is 12.3 Å². The molecule has 0 saturated heterocycles. The fraction of sp³-hybridized carbons (Fsp3) is 0.474. The molecule has 0 aromatic heterocycles. The van der Waals surface area contributed by atoms with Crippen molar-refractivity contribution in [3.8, 4) is 12.3 Å². The summed E-state index contributed by atoms with van der Waals surface area (Å²) in [6, 6.07) is 2.93. The van der Waals surface area contributed by atoms with Crippen LogP contribution in [0.2, 0.25) is 0 Å². The van der Waals surface area contributed by atoms with Gasteiger partial charge in [0.1, 0.15) is 11.4 Å². The van der Waals surface area contributed by atoms with Gasteiger partial charge in [-0.3, -0.25) is 0 Å². The van der Waals surface area contributed by atoms with Crippen LogP contribution in [0.4, 0.5) is 22.4 Å². The average Bonchev–Trinajstić information content (AvgIpc) is 2.52. The number of alkyl halides is 3. The number of rotatable bonds is 1. The Bertz CT molecular complexity index is 837. The minimum absolute atomic E-state index is 0.135. The van der Waals surface area contributed by atoms with Crippen molar-refractivity contribution in [3.05, 3.63) is 35.1 Å². The number of benzene rings is 1. The SMILES string of the molecule is C#Cc1ccc(F)c([C@]2(C)C[C@@H](C(F)(F)F)OC(NC(=O)OC(C)(C)C)=N2)c1. The lowest BCUT2D eigenvalue weighted by Gasteiger charge is -2.36. The van der Waals surface area contributed by atoms with E-state index in [0.29, 0.717) is 0 Å². The Kier molecular flexibility index (Phi) is 5.64. The maximum atomic E-state index is 14.4. The highest BCUT2D eigenvalue weighted by molar-refractivity contribution is 5.91. The predicted octanol–water partition coefficient (Wildman–Crippen LogP) is 4.25. The lowest BCUT2D eigenvalue weighted by Crippen LogP contribution is -2.49. The number of carbonyl (C=O) groups excluding carboxylic acids is 1. The molecule has 0 fully saturated rings. The first kappa shape index (κ1) is 21.5. The summed E-state index contributed by atoms with van der Waals surface area (Å²) in [5, 5.41) is 2.05. The lowest BCUT2D eigenvalue weighted by atomic mass is 9.85. The molecule has 1 amide bonds. The van der Waals surface area contributed by atoms with E-state index in [9.17, 15) is 22.4 Å². The van der Waals surface area contributed by atoms with Crippen LogP contribution >= 0.6 is 0 Å². The number of nitrogens with one attached hydrogen (secondary N) is 1. The van der Waals surface area contributed by atoms with Crippen molar-refractivity contribution in [1.82, 2.24) is 5.32 Å². The Balaban J connectivity index is 2.46. The zero-order chi connectivity index (χ0) is 21.3. The quantitative estimate of drug-likeness (QED) is 0.566. The van der Waals surface area contributed by atoms with Gasteiger partial charge in [-0.05, 0) is 45.9 Å². The third kappa shape index (κ3) is 5.15. The molecule has 0 spiro atoms. The van der Waals surface area contributed by atoms with Gasteiger partial charge in [0.05, 0.1) is 5.54 Å². The molecule has 1 aliphatic rings. The van der Waals surface area contributed by atoms with Crippen molar-refractivity contribution in [1.29, 1.82) is 0 Å². The van der Waals surface area contributed by atoms with Crippen LogP contribution in [-0.4, -0.2) is 30.0 Å². The summed E-state index contributed by atoms with van der Waals surface area (Å²) >= 11 is 0. The molecular formula is C19H20F4N2O3. The first-order valence-corrected chi connectivity index (χ1v) is 8.33. The number of alkyl carbamates (subject to hydrolysis) is 1. The van der Waals surface area contributed by atoms with Gasteiger partial charge in [0.2, 0.25) is 0 Å². The molecule has 1 heterocycles. The number of carbonyl (C=O) groups is 1. The van der Waals surface area contributed by atoms with Crippen molar-refractivity contribution >= 4 is 12.1 Å². The number of hydrogen-bond donors (Lipinski definition) is 1.